The number of hydrogen-bond donors (Lipinski definition) is 1. The lowest BCUT2D eigenvalue weighted by atomic mass is 10.1. The molecular formula is C26H25ClN4. The summed E-state index contributed by atoms with van der Waals surface area (Å²) in [5, 5.41) is 4.22. The molecule has 0 bridgehead atoms. The van der Waals surface area contributed by atoms with E-state index in [1.807, 2.05) is 48.8 Å². The van der Waals surface area contributed by atoms with Crippen LogP contribution >= 0.6 is 11.6 Å². The largest absolute Gasteiger partial charge is 0.315 e. The summed E-state index contributed by atoms with van der Waals surface area (Å²) in [5.74, 6) is 6.35. The summed E-state index contributed by atoms with van der Waals surface area (Å²) in [6.07, 6.45) is 7.43. The second-order valence-electron chi connectivity index (χ2n) is 8.20. The van der Waals surface area contributed by atoms with Crippen LogP contribution in [0.2, 0.25) is 5.02 Å². The van der Waals surface area contributed by atoms with Gasteiger partial charge < -0.3 is 5.32 Å². The van der Waals surface area contributed by atoms with E-state index < -0.39 is 0 Å². The van der Waals surface area contributed by atoms with Crippen LogP contribution in [0, 0.1) is 11.8 Å². The zero-order valence-corrected chi connectivity index (χ0v) is 18.1. The fourth-order valence-electron chi connectivity index (χ4n) is 4.56. The number of rotatable bonds is 3. The van der Waals surface area contributed by atoms with E-state index in [1.54, 1.807) is 0 Å². The maximum atomic E-state index is 5.96. The number of likely N-dealkylation sites (tertiary alicyclic amines) is 1. The minimum atomic E-state index is 0.439. The summed E-state index contributed by atoms with van der Waals surface area (Å²) in [6, 6.07) is 17.1. The zero-order chi connectivity index (χ0) is 21.0. The third-order valence-electron chi connectivity index (χ3n) is 6.20. The normalized spacial score (nSPS) is 21.1. The van der Waals surface area contributed by atoms with Crippen LogP contribution in [0.5, 0.6) is 0 Å². The van der Waals surface area contributed by atoms with Gasteiger partial charge in [0.15, 0.2) is 0 Å². The summed E-state index contributed by atoms with van der Waals surface area (Å²) in [7, 11) is 0. The van der Waals surface area contributed by atoms with Gasteiger partial charge in [-0.3, -0.25) is 9.88 Å². The van der Waals surface area contributed by atoms with Crippen molar-refractivity contribution in [3.63, 3.8) is 0 Å². The Labute approximate surface area is 188 Å². The molecule has 1 N–H and O–H groups in total. The van der Waals surface area contributed by atoms with E-state index >= 15 is 0 Å². The number of nitrogens with zero attached hydrogens (tertiary/aromatic N) is 3. The van der Waals surface area contributed by atoms with Gasteiger partial charge in [0.05, 0.1) is 11.7 Å². The lowest BCUT2D eigenvalue weighted by molar-refractivity contribution is 0.189. The molecule has 31 heavy (non-hydrogen) atoms. The molecule has 2 aliphatic rings. The number of nitrogens with one attached hydrogen (secondary N) is 1. The van der Waals surface area contributed by atoms with Crippen molar-refractivity contribution >= 4 is 11.6 Å². The second-order valence-corrected chi connectivity index (χ2v) is 8.64. The Morgan fingerprint density at radius 3 is 2.48 bits per heavy atom. The van der Waals surface area contributed by atoms with Crippen LogP contribution in [0.3, 0.4) is 0 Å². The van der Waals surface area contributed by atoms with Gasteiger partial charge in [-0.25, -0.2) is 4.98 Å². The molecule has 2 aliphatic heterocycles. The van der Waals surface area contributed by atoms with Crippen LogP contribution in [0.15, 0.2) is 60.9 Å². The topological polar surface area (TPSA) is 41.0 Å². The first-order valence-electron chi connectivity index (χ1n) is 10.9. The van der Waals surface area contributed by atoms with E-state index in [0.717, 1.165) is 40.5 Å². The molecule has 0 aliphatic carbocycles. The van der Waals surface area contributed by atoms with Gasteiger partial charge in [-0.2, -0.15) is 0 Å². The van der Waals surface area contributed by atoms with Gasteiger partial charge in [0, 0.05) is 41.1 Å². The molecule has 156 valence electrons. The predicted molar refractivity (Wildman–Crippen MR) is 125 cm³/mol. The minimum absolute atomic E-state index is 0.439. The molecule has 5 heteroatoms. The second kappa shape index (κ2) is 9.20. The Balaban J connectivity index is 1.26. The standard InChI is InChI=1S/C26H25ClN4/c27-22-8-5-20(6-9-22)21-7-11-23(29-17-21)10-3-19-4-12-25(30-16-19)26-2-1-15-31(26)24-13-14-28-18-24/h4-9,11-12,16-17,24,26,28H,1-2,13-15,18H2. The molecule has 4 nitrogen and oxygen atoms in total. The van der Waals surface area contributed by atoms with Gasteiger partial charge in [-0.15, -0.1) is 0 Å². The summed E-state index contributed by atoms with van der Waals surface area (Å²) in [4.78, 5) is 11.9. The van der Waals surface area contributed by atoms with Gasteiger partial charge in [0.1, 0.15) is 5.69 Å². The first-order valence-corrected chi connectivity index (χ1v) is 11.3. The van der Waals surface area contributed by atoms with E-state index in [4.69, 9.17) is 16.6 Å². The fourth-order valence-corrected chi connectivity index (χ4v) is 4.69. The van der Waals surface area contributed by atoms with Crippen LogP contribution in [-0.2, 0) is 0 Å². The summed E-state index contributed by atoms with van der Waals surface area (Å²) in [5.41, 5.74) is 4.97. The van der Waals surface area contributed by atoms with E-state index in [2.05, 4.69) is 39.2 Å². The average molecular weight is 429 g/mol. The Hall–Kier alpha value is -2.71. The van der Waals surface area contributed by atoms with Crippen molar-refractivity contribution in [2.45, 2.75) is 31.3 Å². The van der Waals surface area contributed by atoms with Crippen LogP contribution in [0.4, 0.5) is 0 Å². The highest BCUT2D eigenvalue weighted by molar-refractivity contribution is 6.30. The fraction of sp³-hybridized carbons (Fsp3) is 0.308. The van der Waals surface area contributed by atoms with E-state index in [9.17, 15) is 0 Å². The molecule has 2 fully saturated rings. The molecule has 2 aromatic heterocycles. The van der Waals surface area contributed by atoms with Gasteiger partial charge in [0.2, 0.25) is 0 Å². The lowest BCUT2D eigenvalue weighted by Gasteiger charge is -2.29. The molecule has 2 atom stereocenters. The first kappa shape index (κ1) is 20.2. The molecule has 0 radical (unpaired) electrons. The Bertz CT molecular complexity index is 1080. The molecular weight excluding hydrogens is 404 g/mol. The highest BCUT2D eigenvalue weighted by Gasteiger charge is 2.33. The SMILES string of the molecule is Clc1ccc(-c2ccc(C#Cc3ccc(C4CCCN4C4CCNC4)nc3)nc2)cc1. The van der Waals surface area contributed by atoms with Crippen molar-refractivity contribution in [1.82, 2.24) is 20.2 Å². The molecule has 3 aromatic rings. The molecule has 0 amide bonds. The predicted octanol–water partition coefficient (Wildman–Crippen LogP) is 4.70. The molecule has 4 heterocycles. The molecule has 2 unspecified atom stereocenters. The van der Waals surface area contributed by atoms with Crippen molar-refractivity contribution in [3.05, 3.63) is 82.9 Å². The number of aromatic nitrogens is 2. The van der Waals surface area contributed by atoms with E-state index in [1.165, 1.54) is 31.5 Å². The average Bonchev–Trinajstić information content (AvgIpc) is 3.51. The highest BCUT2D eigenvalue weighted by atomic mass is 35.5. The van der Waals surface area contributed by atoms with Crippen LogP contribution < -0.4 is 5.32 Å². The number of benzene rings is 1. The Morgan fingerprint density at radius 2 is 1.77 bits per heavy atom. The first-order chi connectivity index (χ1) is 15.3. The van der Waals surface area contributed by atoms with Gasteiger partial charge in [-0.1, -0.05) is 35.7 Å². The van der Waals surface area contributed by atoms with Gasteiger partial charge >= 0.3 is 0 Å². The van der Waals surface area contributed by atoms with Crippen LogP contribution in [-0.4, -0.2) is 40.5 Å². The number of hydrogen-bond acceptors (Lipinski definition) is 4. The summed E-state index contributed by atoms with van der Waals surface area (Å²) >= 11 is 5.96. The van der Waals surface area contributed by atoms with Gasteiger partial charge in [0.25, 0.3) is 0 Å². The van der Waals surface area contributed by atoms with Gasteiger partial charge in [-0.05, 0) is 74.2 Å². The number of halogens is 1. The summed E-state index contributed by atoms with van der Waals surface area (Å²) in [6.45, 7) is 3.41. The third-order valence-corrected chi connectivity index (χ3v) is 6.45. The summed E-state index contributed by atoms with van der Waals surface area (Å²) < 4.78 is 0. The lowest BCUT2D eigenvalue weighted by Crippen LogP contribution is -2.36. The maximum absolute atomic E-state index is 5.96. The highest BCUT2D eigenvalue weighted by Crippen LogP contribution is 2.33. The molecule has 0 spiro atoms. The Morgan fingerprint density at radius 1 is 0.903 bits per heavy atom. The quantitative estimate of drug-likeness (QED) is 0.614. The van der Waals surface area contributed by atoms with Crippen molar-refractivity contribution in [1.29, 1.82) is 0 Å². The van der Waals surface area contributed by atoms with Crippen LogP contribution in [0.1, 0.15) is 42.3 Å². The third kappa shape index (κ3) is 4.65. The van der Waals surface area contributed by atoms with Crippen molar-refractivity contribution in [3.8, 4) is 23.0 Å². The van der Waals surface area contributed by atoms with Crippen molar-refractivity contribution in [2.75, 3.05) is 19.6 Å². The van der Waals surface area contributed by atoms with E-state index in [0.29, 0.717) is 12.1 Å². The maximum Gasteiger partial charge on any atom is 0.113 e. The van der Waals surface area contributed by atoms with Crippen molar-refractivity contribution in [2.24, 2.45) is 0 Å². The van der Waals surface area contributed by atoms with Crippen LogP contribution in [0.25, 0.3) is 11.1 Å². The Kier molecular flexibility index (Phi) is 5.99. The zero-order valence-electron chi connectivity index (χ0n) is 17.4. The molecule has 1 aromatic carbocycles. The molecule has 0 saturated carbocycles. The minimum Gasteiger partial charge on any atom is -0.315 e. The molecule has 2 saturated heterocycles. The monoisotopic (exact) mass is 428 g/mol. The number of pyridine rings is 2. The molecule has 5 rings (SSSR count). The smallest absolute Gasteiger partial charge is 0.113 e. The van der Waals surface area contributed by atoms with E-state index in [-0.39, 0.29) is 0 Å². The van der Waals surface area contributed by atoms with Crippen molar-refractivity contribution < 1.29 is 0 Å².